The lowest BCUT2D eigenvalue weighted by molar-refractivity contribution is 0.00838. The third-order valence-electron chi connectivity index (χ3n) is 3.18. The van der Waals surface area contributed by atoms with E-state index in [0.717, 1.165) is 19.6 Å². The van der Waals surface area contributed by atoms with Gasteiger partial charge in [0.2, 0.25) is 0 Å². The molecule has 0 atom stereocenters. The highest BCUT2D eigenvalue weighted by Crippen LogP contribution is 2.27. The van der Waals surface area contributed by atoms with E-state index in [2.05, 4.69) is 32.9 Å². The highest BCUT2D eigenvalue weighted by atomic mass is 16.5. The maximum Gasteiger partial charge on any atom is 0.0557 e. The molecule has 14 heavy (non-hydrogen) atoms. The van der Waals surface area contributed by atoms with E-state index in [1.165, 1.54) is 22.3 Å². The number of hydrogen-bond donors (Lipinski definition) is 0. The first-order valence-electron chi connectivity index (χ1n) is 5.40. The van der Waals surface area contributed by atoms with Gasteiger partial charge in [-0.2, -0.15) is 0 Å². The van der Waals surface area contributed by atoms with Gasteiger partial charge >= 0.3 is 0 Å². The Labute approximate surface area is 86.1 Å². The van der Waals surface area contributed by atoms with Crippen molar-refractivity contribution in [2.45, 2.75) is 33.1 Å². The van der Waals surface area contributed by atoms with E-state index in [-0.39, 0.29) is 0 Å². The largest absolute Gasteiger partial charge is 0.380 e. The molecule has 1 aromatic rings. The van der Waals surface area contributed by atoms with Crippen molar-refractivity contribution in [1.82, 2.24) is 0 Å². The molecule has 76 valence electrons. The molecule has 1 aromatic carbocycles. The van der Waals surface area contributed by atoms with Crippen LogP contribution in [-0.4, -0.2) is 13.2 Å². The topological polar surface area (TPSA) is 9.23 Å². The number of ether oxygens (including phenoxy) is 1. The molecule has 0 amide bonds. The van der Waals surface area contributed by atoms with Gasteiger partial charge in [0.25, 0.3) is 0 Å². The van der Waals surface area contributed by atoms with Crippen LogP contribution in [0.15, 0.2) is 12.1 Å². The molecule has 1 nitrogen and oxygen atoms in total. The summed E-state index contributed by atoms with van der Waals surface area (Å²) in [6, 6.07) is 4.66. The standard InChI is InChI=1S/C13H18O/c1-4-13-9(2)5-11(6-10(13)3)12-7-14-8-12/h5-6,12H,4,7-8H2,1-3H3. The molecule has 1 heteroatoms. The fourth-order valence-electron chi connectivity index (χ4n) is 2.25. The molecule has 0 N–H and O–H groups in total. The molecule has 2 rings (SSSR count). The molecule has 1 fully saturated rings. The molecule has 1 aliphatic heterocycles. The summed E-state index contributed by atoms with van der Waals surface area (Å²) in [6.07, 6.45) is 1.14. The van der Waals surface area contributed by atoms with Gasteiger partial charge in [0.05, 0.1) is 13.2 Å². The van der Waals surface area contributed by atoms with Gasteiger partial charge in [-0.05, 0) is 42.5 Å². The third kappa shape index (κ3) is 1.57. The highest BCUT2D eigenvalue weighted by molar-refractivity contribution is 5.39. The van der Waals surface area contributed by atoms with E-state index >= 15 is 0 Å². The average Bonchev–Trinajstić information content (AvgIpc) is 2.00. The number of hydrogen-bond acceptors (Lipinski definition) is 1. The summed E-state index contributed by atoms with van der Waals surface area (Å²) in [7, 11) is 0. The van der Waals surface area contributed by atoms with Crippen molar-refractivity contribution in [2.24, 2.45) is 0 Å². The van der Waals surface area contributed by atoms with Gasteiger partial charge < -0.3 is 4.74 Å². The normalized spacial score (nSPS) is 16.8. The van der Waals surface area contributed by atoms with Crippen molar-refractivity contribution < 1.29 is 4.74 Å². The van der Waals surface area contributed by atoms with E-state index < -0.39 is 0 Å². The minimum absolute atomic E-state index is 0.651. The summed E-state index contributed by atoms with van der Waals surface area (Å²) in [6.45, 7) is 8.47. The lowest BCUT2D eigenvalue weighted by Gasteiger charge is -2.27. The lowest BCUT2D eigenvalue weighted by atomic mass is 9.90. The quantitative estimate of drug-likeness (QED) is 0.696. The lowest BCUT2D eigenvalue weighted by Crippen LogP contribution is -2.25. The van der Waals surface area contributed by atoms with Crippen molar-refractivity contribution in [2.75, 3.05) is 13.2 Å². The molecular formula is C13H18O. The van der Waals surface area contributed by atoms with Crippen LogP contribution in [0.25, 0.3) is 0 Å². The molecular weight excluding hydrogens is 172 g/mol. The first-order valence-corrected chi connectivity index (χ1v) is 5.40. The maximum absolute atomic E-state index is 5.23. The average molecular weight is 190 g/mol. The summed E-state index contributed by atoms with van der Waals surface area (Å²) in [5.41, 5.74) is 5.85. The van der Waals surface area contributed by atoms with Gasteiger partial charge in [-0.25, -0.2) is 0 Å². The first-order chi connectivity index (χ1) is 6.72. The van der Waals surface area contributed by atoms with Crippen molar-refractivity contribution in [3.63, 3.8) is 0 Å². The summed E-state index contributed by atoms with van der Waals surface area (Å²) in [4.78, 5) is 0. The second kappa shape index (κ2) is 3.74. The fourth-order valence-corrected chi connectivity index (χ4v) is 2.25. The Bertz CT molecular complexity index is 314. The second-order valence-electron chi connectivity index (χ2n) is 4.22. The molecule has 0 radical (unpaired) electrons. The van der Waals surface area contributed by atoms with E-state index in [1.54, 1.807) is 0 Å². The van der Waals surface area contributed by atoms with Crippen LogP contribution >= 0.6 is 0 Å². The molecule has 1 heterocycles. The number of aryl methyl sites for hydroxylation is 2. The Hall–Kier alpha value is -0.820. The van der Waals surface area contributed by atoms with Crippen LogP contribution < -0.4 is 0 Å². The molecule has 0 aliphatic carbocycles. The van der Waals surface area contributed by atoms with E-state index in [1.807, 2.05) is 0 Å². The smallest absolute Gasteiger partial charge is 0.0557 e. The predicted octanol–water partition coefficient (Wildman–Crippen LogP) is 2.98. The number of rotatable bonds is 2. The van der Waals surface area contributed by atoms with Gasteiger partial charge in [-0.1, -0.05) is 19.1 Å². The summed E-state index contributed by atoms with van der Waals surface area (Å²) < 4.78 is 5.23. The fraction of sp³-hybridized carbons (Fsp3) is 0.538. The zero-order valence-electron chi connectivity index (χ0n) is 9.26. The summed E-state index contributed by atoms with van der Waals surface area (Å²) >= 11 is 0. The zero-order valence-corrected chi connectivity index (χ0v) is 9.26. The van der Waals surface area contributed by atoms with E-state index in [0.29, 0.717) is 5.92 Å². The maximum atomic E-state index is 5.23. The molecule has 1 aliphatic rings. The SMILES string of the molecule is CCc1c(C)cc(C2COC2)cc1C. The van der Waals surface area contributed by atoms with Crippen molar-refractivity contribution in [3.8, 4) is 0 Å². The van der Waals surface area contributed by atoms with Crippen molar-refractivity contribution >= 4 is 0 Å². The van der Waals surface area contributed by atoms with Crippen molar-refractivity contribution in [1.29, 1.82) is 0 Å². The molecule has 0 spiro atoms. The Morgan fingerprint density at radius 3 is 2.14 bits per heavy atom. The van der Waals surface area contributed by atoms with Crippen molar-refractivity contribution in [3.05, 3.63) is 34.4 Å². The van der Waals surface area contributed by atoms with Crippen LogP contribution in [0.3, 0.4) is 0 Å². The first kappa shape index (κ1) is 9.72. The Morgan fingerprint density at radius 2 is 1.79 bits per heavy atom. The predicted molar refractivity (Wildman–Crippen MR) is 58.9 cm³/mol. The van der Waals surface area contributed by atoms with Crippen LogP contribution in [-0.2, 0) is 11.2 Å². The van der Waals surface area contributed by atoms with Crippen LogP contribution in [0, 0.1) is 13.8 Å². The Balaban J connectivity index is 2.35. The zero-order chi connectivity index (χ0) is 10.1. The highest BCUT2D eigenvalue weighted by Gasteiger charge is 2.21. The van der Waals surface area contributed by atoms with Gasteiger partial charge in [-0.15, -0.1) is 0 Å². The van der Waals surface area contributed by atoms with Crippen LogP contribution in [0.2, 0.25) is 0 Å². The van der Waals surface area contributed by atoms with Gasteiger partial charge in [0.1, 0.15) is 0 Å². The minimum Gasteiger partial charge on any atom is -0.380 e. The second-order valence-corrected chi connectivity index (χ2v) is 4.22. The number of benzene rings is 1. The van der Waals surface area contributed by atoms with E-state index in [4.69, 9.17) is 4.74 Å². The Morgan fingerprint density at radius 1 is 1.21 bits per heavy atom. The minimum atomic E-state index is 0.651. The van der Waals surface area contributed by atoms with Crippen LogP contribution in [0.1, 0.15) is 35.1 Å². The Kier molecular flexibility index (Phi) is 2.60. The molecule has 1 saturated heterocycles. The van der Waals surface area contributed by atoms with E-state index in [9.17, 15) is 0 Å². The molecule has 0 aromatic heterocycles. The monoisotopic (exact) mass is 190 g/mol. The van der Waals surface area contributed by atoms with Crippen LogP contribution in [0.4, 0.5) is 0 Å². The van der Waals surface area contributed by atoms with Gasteiger partial charge in [0, 0.05) is 5.92 Å². The van der Waals surface area contributed by atoms with Gasteiger partial charge in [-0.3, -0.25) is 0 Å². The summed E-state index contributed by atoms with van der Waals surface area (Å²) in [5, 5.41) is 0. The molecule has 0 saturated carbocycles. The summed E-state index contributed by atoms with van der Waals surface area (Å²) in [5.74, 6) is 0.651. The molecule has 0 unspecified atom stereocenters. The third-order valence-corrected chi connectivity index (χ3v) is 3.18. The van der Waals surface area contributed by atoms with Gasteiger partial charge in [0.15, 0.2) is 0 Å². The molecule has 0 bridgehead atoms. The van der Waals surface area contributed by atoms with Crippen LogP contribution in [0.5, 0.6) is 0 Å².